The molecule has 0 amide bonds. The first kappa shape index (κ1) is 32.0. The number of fused-ring (bicyclic) bond motifs is 1. The van der Waals surface area contributed by atoms with Gasteiger partial charge in [0.15, 0.2) is 11.5 Å². The Morgan fingerprint density at radius 2 is 1.70 bits per heavy atom. The topological polar surface area (TPSA) is 124 Å². The van der Waals surface area contributed by atoms with Gasteiger partial charge in [0, 0.05) is 26.1 Å². The fraction of sp³-hybridized carbons (Fsp3) is 0.406. The van der Waals surface area contributed by atoms with Crippen LogP contribution in [-0.4, -0.2) is 67.6 Å². The molecule has 43 heavy (non-hydrogen) atoms. The zero-order chi connectivity index (χ0) is 31.1. The minimum absolute atomic E-state index is 0.0322. The van der Waals surface area contributed by atoms with Crippen molar-refractivity contribution in [3.63, 3.8) is 0 Å². The summed E-state index contributed by atoms with van der Waals surface area (Å²) in [6.07, 6.45) is 3.41. The van der Waals surface area contributed by atoms with Gasteiger partial charge in [-0.05, 0) is 67.1 Å². The monoisotopic (exact) mass is 608 g/mol. The number of benzene rings is 2. The van der Waals surface area contributed by atoms with E-state index in [1.807, 2.05) is 39.0 Å². The Bertz CT molecular complexity index is 1650. The number of nitrogens with one attached hydrogen (secondary N) is 1. The Balaban J connectivity index is 1.40. The summed E-state index contributed by atoms with van der Waals surface area (Å²) in [5.74, 6) is 1.81. The number of carbonyl (C=O) groups excluding carboxylic acids is 1. The van der Waals surface area contributed by atoms with Crippen molar-refractivity contribution >= 4 is 27.0 Å². The highest BCUT2D eigenvalue weighted by Gasteiger charge is 2.29. The minimum Gasteiger partial charge on any atom is -0.493 e. The second-order valence-corrected chi connectivity index (χ2v) is 13.0. The molecule has 2 aromatic carbocycles. The maximum absolute atomic E-state index is 13.6. The number of aryl methyl sites for hydroxylation is 2. The number of imidazole rings is 1. The maximum atomic E-state index is 13.6. The average molecular weight is 609 g/mol. The second-order valence-electron chi connectivity index (χ2n) is 11.0. The normalized spacial score (nSPS) is 12.6. The van der Waals surface area contributed by atoms with Crippen LogP contribution in [0.4, 0.5) is 0 Å². The summed E-state index contributed by atoms with van der Waals surface area (Å²) in [5, 5.41) is 0. The van der Waals surface area contributed by atoms with Gasteiger partial charge in [0.25, 0.3) is 0 Å². The van der Waals surface area contributed by atoms with Crippen molar-refractivity contribution in [3.8, 4) is 11.5 Å². The Morgan fingerprint density at radius 3 is 2.37 bits per heavy atom. The molecule has 2 heterocycles. The van der Waals surface area contributed by atoms with Crippen molar-refractivity contribution in [1.82, 2.24) is 19.3 Å². The van der Waals surface area contributed by atoms with Crippen LogP contribution in [0.1, 0.15) is 49.3 Å². The summed E-state index contributed by atoms with van der Waals surface area (Å²) in [6.45, 7) is 5.89. The van der Waals surface area contributed by atoms with E-state index >= 15 is 0 Å². The molecule has 230 valence electrons. The van der Waals surface area contributed by atoms with E-state index in [9.17, 15) is 13.2 Å². The number of hydrogen-bond donors (Lipinski definition) is 1. The molecule has 0 aliphatic heterocycles. The summed E-state index contributed by atoms with van der Waals surface area (Å²) in [6, 6.07) is 13.7. The van der Waals surface area contributed by atoms with Crippen LogP contribution in [0.2, 0.25) is 0 Å². The number of aromatic nitrogens is 3. The predicted molar refractivity (Wildman–Crippen MR) is 165 cm³/mol. The molecule has 4 aromatic rings. The maximum Gasteiger partial charge on any atom is 0.306 e. The Labute approximate surface area is 253 Å². The second kappa shape index (κ2) is 14.0. The summed E-state index contributed by atoms with van der Waals surface area (Å²) < 4.78 is 44.7. The molecule has 0 fully saturated rings. The van der Waals surface area contributed by atoms with Crippen LogP contribution in [0.15, 0.2) is 59.6 Å². The third kappa shape index (κ3) is 7.91. The lowest BCUT2D eigenvalue weighted by Gasteiger charge is -2.28. The van der Waals surface area contributed by atoms with Gasteiger partial charge in [-0.25, -0.2) is 13.4 Å². The van der Waals surface area contributed by atoms with E-state index in [4.69, 9.17) is 14.2 Å². The van der Waals surface area contributed by atoms with Gasteiger partial charge in [0.05, 0.1) is 36.4 Å². The zero-order valence-corrected chi connectivity index (χ0v) is 26.4. The molecule has 0 unspecified atom stereocenters. The van der Waals surface area contributed by atoms with Crippen molar-refractivity contribution < 1.29 is 27.4 Å². The van der Waals surface area contributed by atoms with Crippen molar-refractivity contribution in [3.05, 3.63) is 77.4 Å². The molecule has 4 rings (SSSR count). The van der Waals surface area contributed by atoms with E-state index in [-0.39, 0.29) is 23.8 Å². The number of rotatable bonds is 14. The number of nitrogens with zero attached hydrogens (tertiary/aromatic N) is 3. The third-order valence-electron chi connectivity index (χ3n) is 7.33. The number of carbonyl (C=O) groups is 1. The molecule has 0 radical (unpaired) electrons. The van der Waals surface area contributed by atoms with Crippen LogP contribution >= 0.6 is 0 Å². The van der Waals surface area contributed by atoms with Crippen molar-refractivity contribution in [2.45, 2.75) is 57.4 Å². The molecule has 11 heteroatoms. The van der Waals surface area contributed by atoms with Gasteiger partial charge in [0.2, 0.25) is 10.0 Å². The lowest BCUT2D eigenvalue weighted by molar-refractivity contribution is -0.145. The molecular weight excluding hydrogens is 568 g/mol. The van der Waals surface area contributed by atoms with Gasteiger partial charge in [-0.1, -0.05) is 32.0 Å². The number of H-pyrrole nitrogens is 1. The largest absolute Gasteiger partial charge is 0.493 e. The van der Waals surface area contributed by atoms with Gasteiger partial charge >= 0.3 is 5.97 Å². The lowest BCUT2D eigenvalue weighted by Crippen LogP contribution is -2.41. The lowest BCUT2D eigenvalue weighted by atomic mass is 10.0. The number of pyridine rings is 1. The summed E-state index contributed by atoms with van der Waals surface area (Å²) in [4.78, 5) is 25.0. The first-order valence-corrected chi connectivity index (χ1v) is 15.7. The van der Waals surface area contributed by atoms with E-state index in [1.165, 1.54) is 11.4 Å². The standard InChI is InChI=1S/C32H40N4O6S/c1-21(2)17-25(20-42-31(37)14-10-24-9-13-29(40-5)30(19-24)41-6)36(4)43(38,39)26-11-7-23(8-12-26)18-28-32-27(15-16-33-28)34-22(3)35-32/h7-9,11-13,15-16,19,21,25H,10,14,17-18,20H2,1-6H3,(H,34,35)/t25-/m0/s1. The van der Waals surface area contributed by atoms with Crippen LogP contribution in [0, 0.1) is 12.8 Å². The Kier molecular flexibility index (Phi) is 10.4. The van der Waals surface area contributed by atoms with Crippen LogP contribution in [-0.2, 0) is 32.4 Å². The van der Waals surface area contributed by atoms with Gasteiger partial charge < -0.3 is 19.2 Å². The fourth-order valence-electron chi connectivity index (χ4n) is 4.99. The van der Waals surface area contributed by atoms with Crippen molar-refractivity contribution in [1.29, 1.82) is 0 Å². The molecule has 0 aliphatic rings. The highest BCUT2D eigenvalue weighted by molar-refractivity contribution is 7.89. The third-order valence-corrected chi connectivity index (χ3v) is 9.25. The number of esters is 1. The van der Waals surface area contributed by atoms with Crippen LogP contribution < -0.4 is 9.47 Å². The predicted octanol–water partition coefficient (Wildman–Crippen LogP) is 5.09. The van der Waals surface area contributed by atoms with Gasteiger partial charge in [-0.2, -0.15) is 4.31 Å². The summed E-state index contributed by atoms with van der Waals surface area (Å²) in [5.41, 5.74) is 4.37. The van der Waals surface area contributed by atoms with Crippen LogP contribution in [0.5, 0.6) is 11.5 Å². The molecule has 0 spiro atoms. The van der Waals surface area contributed by atoms with Crippen LogP contribution in [0.3, 0.4) is 0 Å². The van der Waals surface area contributed by atoms with E-state index in [0.717, 1.165) is 33.7 Å². The van der Waals surface area contributed by atoms with E-state index in [1.54, 1.807) is 50.7 Å². The molecular formula is C32H40N4O6S. The highest BCUT2D eigenvalue weighted by Crippen LogP contribution is 2.28. The first-order chi connectivity index (χ1) is 20.5. The van der Waals surface area contributed by atoms with Crippen molar-refractivity contribution in [2.75, 3.05) is 27.9 Å². The SMILES string of the molecule is COc1ccc(CCC(=O)OC[C@H](CC(C)C)N(C)S(=O)(=O)c2ccc(Cc3nccc4[nH]c(C)nc34)cc2)cc1OC. The zero-order valence-electron chi connectivity index (χ0n) is 25.6. The number of likely N-dealkylation sites (N-methyl/N-ethyl adjacent to an activating group) is 1. The number of ether oxygens (including phenoxy) is 3. The van der Waals surface area contributed by atoms with Crippen molar-refractivity contribution in [2.24, 2.45) is 5.92 Å². The number of aromatic amines is 1. The Morgan fingerprint density at radius 1 is 1.00 bits per heavy atom. The van der Waals surface area contributed by atoms with Crippen LogP contribution in [0.25, 0.3) is 11.0 Å². The molecule has 0 bridgehead atoms. The quantitative estimate of drug-likeness (QED) is 0.197. The molecule has 0 aliphatic carbocycles. The van der Waals surface area contributed by atoms with Gasteiger partial charge in [-0.15, -0.1) is 0 Å². The highest BCUT2D eigenvalue weighted by atomic mass is 32.2. The molecule has 1 N–H and O–H groups in total. The number of hydrogen-bond acceptors (Lipinski definition) is 8. The van der Waals surface area contributed by atoms with E-state index < -0.39 is 22.0 Å². The molecule has 10 nitrogen and oxygen atoms in total. The molecule has 1 atom stereocenters. The number of methoxy groups -OCH3 is 2. The molecule has 0 saturated heterocycles. The van der Waals surface area contributed by atoms with E-state index in [0.29, 0.717) is 30.8 Å². The smallest absolute Gasteiger partial charge is 0.306 e. The van der Waals surface area contributed by atoms with Gasteiger partial charge in [-0.3, -0.25) is 9.78 Å². The Hall–Kier alpha value is -3.96. The fourth-order valence-corrected chi connectivity index (χ4v) is 6.34. The summed E-state index contributed by atoms with van der Waals surface area (Å²) in [7, 11) is 0.828. The average Bonchev–Trinajstić information content (AvgIpc) is 3.38. The van der Waals surface area contributed by atoms with E-state index in [2.05, 4.69) is 15.0 Å². The molecule has 0 saturated carbocycles. The summed E-state index contributed by atoms with van der Waals surface area (Å²) >= 11 is 0. The molecule has 2 aromatic heterocycles. The number of sulfonamides is 1. The minimum atomic E-state index is -3.84. The first-order valence-electron chi connectivity index (χ1n) is 14.3. The van der Waals surface area contributed by atoms with Gasteiger partial charge in [0.1, 0.15) is 17.9 Å².